The molecule has 0 aromatic rings. The van der Waals surface area contributed by atoms with Crippen molar-refractivity contribution >= 4 is 15.9 Å². The molecule has 0 radical (unpaired) electrons. The third-order valence-electron chi connectivity index (χ3n) is 2.46. The lowest BCUT2D eigenvalue weighted by Gasteiger charge is -2.32. The van der Waals surface area contributed by atoms with Gasteiger partial charge in [-0.05, 0) is 19.9 Å². The van der Waals surface area contributed by atoms with Crippen molar-refractivity contribution in [3.63, 3.8) is 0 Å². The molecule has 3 N–H and O–H groups in total. The van der Waals surface area contributed by atoms with Crippen LogP contribution < -0.4 is 5.73 Å². The van der Waals surface area contributed by atoms with Crippen molar-refractivity contribution in [3.05, 3.63) is 23.6 Å². The Kier molecular flexibility index (Phi) is 3.38. The summed E-state index contributed by atoms with van der Waals surface area (Å²) >= 11 is 3.15. The van der Waals surface area contributed by atoms with Gasteiger partial charge >= 0.3 is 0 Å². The molecule has 0 saturated carbocycles. The smallest absolute Gasteiger partial charge is 0.140 e. The highest BCUT2D eigenvalue weighted by Gasteiger charge is 2.38. The summed E-state index contributed by atoms with van der Waals surface area (Å²) in [4.78, 5) is 0. The van der Waals surface area contributed by atoms with Crippen LogP contribution in [0.5, 0.6) is 0 Å². The minimum atomic E-state index is -1.45. The molecule has 1 rings (SSSR count). The molecule has 2 nitrogen and oxygen atoms in total. The number of halogens is 3. The highest BCUT2D eigenvalue weighted by atomic mass is 79.9. The van der Waals surface area contributed by atoms with Gasteiger partial charge in [-0.2, -0.15) is 0 Å². The normalized spacial score (nSPS) is 35.5. The molecule has 0 spiro atoms. The Morgan fingerprint density at radius 2 is 2.27 bits per heavy atom. The van der Waals surface area contributed by atoms with Gasteiger partial charge in [-0.15, -0.1) is 0 Å². The topological polar surface area (TPSA) is 46.2 Å². The first-order valence-electron chi connectivity index (χ1n) is 4.54. The third-order valence-corrected chi connectivity index (χ3v) is 3.13. The van der Waals surface area contributed by atoms with E-state index in [1.54, 1.807) is 6.92 Å². The number of hydrogen-bond acceptors (Lipinski definition) is 2. The molecule has 0 fully saturated rings. The quantitative estimate of drug-likeness (QED) is 0.761. The van der Waals surface area contributed by atoms with Gasteiger partial charge in [0.2, 0.25) is 0 Å². The van der Waals surface area contributed by atoms with Crippen molar-refractivity contribution in [2.75, 3.05) is 6.61 Å². The van der Waals surface area contributed by atoms with Crippen LogP contribution in [0.3, 0.4) is 0 Å². The van der Waals surface area contributed by atoms with Crippen LogP contribution in [-0.2, 0) is 0 Å². The fraction of sp³-hybridized carbons (Fsp3) is 0.600. The summed E-state index contributed by atoms with van der Waals surface area (Å²) in [6, 6.07) is 0. The summed E-state index contributed by atoms with van der Waals surface area (Å²) in [5, 5.41) is 9.03. The van der Waals surface area contributed by atoms with E-state index in [0.717, 1.165) is 6.08 Å². The molecular weight excluding hydrogens is 268 g/mol. The number of allylic oxidation sites excluding steroid dienone is 2. The maximum Gasteiger partial charge on any atom is 0.140 e. The van der Waals surface area contributed by atoms with E-state index in [0.29, 0.717) is 0 Å². The van der Waals surface area contributed by atoms with Crippen LogP contribution in [0.2, 0.25) is 0 Å². The Labute approximate surface area is 96.0 Å². The first kappa shape index (κ1) is 12.8. The van der Waals surface area contributed by atoms with Crippen molar-refractivity contribution in [1.82, 2.24) is 0 Å². The van der Waals surface area contributed by atoms with Gasteiger partial charge in [-0.25, -0.2) is 8.78 Å². The van der Waals surface area contributed by atoms with E-state index in [9.17, 15) is 8.78 Å². The second-order valence-corrected chi connectivity index (χ2v) is 5.91. The minimum Gasteiger partial charge on any atom is -0.394 e. The predicted octanol–water partition coefficient (Wildman–Crippen LogP) is 1.98. The Hall–Kier alpha value is -0.260. The standard InChI is InChI=1S/C10H14BrF2NO/c1-9(11)4-6(10(2,14)5-15)7(12)3-8(9)13/h3-4,8,15H,5,14H2,1-2H3. The summed E-state index contributed by atoms with van der Waals surface area (Å²) in [5.41, 5.74) is 4.63. The maximum absolute atomic E-state index is 13.5. The van der Waals surface area contributed by atoms with E-state index in [-0.39, 0.29) is 5.57 Å². The molecule has 0 heterocycles. The first-order chi connectivity index (χ1) is 6.70. The van der Waals surface area contributed by atoms with E-state index in [4.69, 9.17) is 10.8 Å². The number of hydrogen-bond donors (Lipinski definition) is 2. The number of rotatable bonds is 2. The van der Waals surface area contributed by atoms with Crippen LogP contribution >= 0.6 is 15.9 Å². The Morgan fingerprint density at radius 3 is 2.73 bits per heavy atom. The van der Waals surface area contributed by atoms with Gasteiger partial charge in [0.1, 0.15) is 12.0 Å². The van der Waals surface area contributed by atoms with Gasteiger partial charge in [-0.3, -0.25) is 0 Å². The zero-order chi connectivity index (χ0) is 11.9. The van der Waals surface area contributed by atoms with E-state index in [1.807, 2.05) is 0 Å². The van der Waals surface area contributed by atoms with Crippen LogP contribution in [0, 0.1) is 0 Å². The number of aliphatic hydroxyl groups excluding tert-OH is 1. The molecule has 15 heavy (non-hydrogen) atoms. The van der Waals surface area contributed by atoms with Crippen molar-refractivity contribution in [2.45, 2.75) is 29.9 Å². The van der Waals surface area contributed by atoms with Gasteiger partial charge in [0, 0.05) is 5.57 Å². The summed E-state index contributed by atoms with van der Waals surface area (Å²) in [7, 11) is 0. The van der Waals surface area contributed by atoms with Crippen molar-refractivity contribution in [1.29, 1.82) is 0 Å². The lowest BCUT2D eigenvalue weighted by Crippen LogP contribution is -2.45. The molecule has 1 aliphatic rings. The molecule has 5 heteroatoms. The molecule has 0 aliphatic heterocycles. The van der Waals surface area contributed by atoms with Gasteiger partial charge in [0.05, 0.1) is 16.5 Å². The second kappa shape index (κ2) is 3.96. The zero-order valence-electron chi connectivity index (χ0n) is 8.60. The average Bonchev–Trinajstić information content (AvgIpc) is 2.12. The second-order valence-electron chi connectivity index (χ2n) is 4.20. The van der Waals surface area contributed by atoms with Crippen LogP contribution in [0.1, 0.15) is 13.8 Å². The summed E-state index contributed by atoms with van der Waals surface area (Å²) in [6.45, 7) is 2.67. The Bertz CT molecular complexity index is 323. The highest BCUT2D eigenvalue weighted by molar-refractivity contribution is 9.10. The molecule has 3 unspecified atom stereocenters. The lowest BCUT2D eigenvalue weighted by atomic mass is 9.84. The average molecular weight is 282 g/mol. The Morgan fingerprint density at radius 1 is 1.73 bits per heavy atom. The fourth-order valence-corrected chi connectivity index (χ4v) is 1.70. The van der Waals surface area contributed by atoms with Crippen LogP contribution in [0.4, 0.5) is 8.78 Å². The molecule has 0 amide bonds. The van der Waals surface area contributed by atoms with Gasteiger partial charge < -0.3 is 10.8 Å². The molecule has 1 aliphatic carbocycles. The van der Waals surface area contributed by atoms with Crippen LogP contribution in [-0.4, -0.2) is 27.7 Å². The van der Waals surface area contributed by atoms with Crippen molar-refractivity contribution < 1.29 is 13.9 Å². The predicted molar refractivity (Wildman–Crippen MR) is 59.2 cm³/mol. The number of nitrogens with two attached hydrogens (primary N) is 1. The molecule has 0 bridgehead atoms. The van der Waals surface area contributed by atoms with E-state index in [1.165, 1.54) is 13.0 Å². The van der Waals surface area contributed by atoms with E-state index < -0.39 is 28.5 Å². The molecule has 0 aromatic heterocycles. The first-order valence-corrected chi connectivity index (χ1v) is 5.34. The molecule has 3 atom stereocenters. The summed E-state index contributed by atoms with van der Waals surface area (Å²) in [5.74, 6) is -0.710. The van der Waals surface area contributed by atoms with E-state index >= 15 is 0 Å². The fourth-order valence-electron chi connectivity index (χ4n) is 1.33. The summed E-state index contributed by atoms with van der Waals surface area (Å²) in [6.07, 6.45) is 0.796. The summed E-state index contributed by atoms with van der Waals surface area (Å²) < 4.78 is 25.9. The molecule has 0 saturated heterocycles. The van der Waals surface area contributed by atoms with Crippen LogP contribution in [0.15, 0.2) is 23.6 Å². The Balaban J connectivity index is 3.15. The van der Waals surface area contributed by atoms with Crippen LogP contribution in [0.25, 0.3) is 0 Å². The van der Waals surface area contributed by atoms with Crippen molar-refractivity contribution in [2.24, 2.45) is 5.73 Å². The van der Waals surface area contributed by atoms with Gasteiger partial charge in [0.15, 0.2) is 0 Å². The third kappa shape index (κ3) is 2.46. The minimum absolute atomic E-state index is 0.123. The number of alkyl halides is 2. The molecule has 0 aromatic carbocycles. The molecular formula is C10H14BrF2NO. The SMILES string of the molecule is CC(N)(CO)C1=CC(C)(Br)C(F)C=C1F. The van der Waals surface area contributed by atoms with E-state index in [2.05, 4.69) is 15.9 Å². The van der Waals surface area contributed by atoms with Gasteiger partial charge in [-0.1, -0.05) is 22.0 Å². The lowest BCUT2D eigenvalue weighted by molar-refractivity contribution is 0.227. The van der Waals surface area contributed by atoms with Crippen molar-refractivity contribution in [3.8, 4) is 0 Å². The highest BCUT2D eigenvalue weighted by Crippen LogP contribution is 2.38. The zero-order valence-corrected chi connectivity index (χ0v) is 10.2. The maximum atomic E-state index is 13.5. The molecule has 86 valence electrons. The van der Waals surface area contributed by atoms with Gasteiger partial charge in [0.25, 0.3) is 0 Å². The largest absolute Gasteiger partial charge is 0.394 e. The number of aliphatic hydroxyl groups is 1. The monoisotopic (exact) mass is 281 g/mol.